The lowest BCUT2D eigenvalue weighted by molar-refractivity contribution is -0.129. The third-order valence-electron chi connectivity index (χ3n) is 6.86. The van der Waals surface area contributed by atoms with Gasteiger partial charge in [0, 0.05) is 69.9 Å². The SMILES string of the molecule is CC(=O)N1CCc2nc(N3CCC(Oc4ccc(F)cc4F)CC3)c(/C(C=NC3COC3)=C/N)nc2C1. The molecule has 3 aliphatic rings. The van der Waals surface area contributed by atoms with Crippen molar-refractivity contribution < 1.29 is 23.0 Å². The number of carbonyl (C=O) groups is 1. The fourth-order valence-electron chi connectivity index (χ4n) is 4.62. The Morgan fingerprint density at radius 3 is 2.62 bits per heavy atom. The smallest absolute Gasteiger partial charge is 0.219 e. The van der Waals surface area contributed by atoms with Crippen LogP contribution in [0.15, 0.2) is 29.4 Å². The van der Waals surface area contributed by atoms with Crippen LogP contribution in [-0.4, -0.2) is 72.0 Å². The van der Waals surface area contributed by atoms with Gasteiger partial charge in [0.05, 0.1) is 37.2 Å². The number of allylic oxidation sites excluding steroid dienone is 1. The van der Waals surface area contributed by atoms with Crippen LogP contribution in [0.1, 0.15) is 36.8 Å². The van der Waals surface area contributed by atoms with Crippen LogP contribution in [0, 0.1) is 11.6 Å². The summed E-state index contributed by atoms with van der Waals surface area (Å²) in [5, 5.41) is 0. The molecular formula is C26H30F2N6O3. The lowest BCUT2D eigenvalue weighted by atomic mass is 10.0. The van der Waals surface area contributed by atoms with Gasteiger partial charge in [-0.25, -0.2) is 18.7 Å². The van der Waals surface area contributed by atoms with E-state index in [0.717, 1.165) is 17.5 Å². The molecule has 5 rings (SSSR count). The Labute approximate surface area is 214 Å². The predicted octanol–water partition coefficient (Wildman–Crippen LogP) is 2.48. The molecule has 0 spiro atoms. The standard InChI is InChI=1S/C26H30F2N6O3/c1-16(35)34-9-6-22-23(13-34)31-25(17(11-29)12-30-19-14-36-15-19)26(32-22)33-7-4-20(5-8-33)37-24-3-2-18(27)10-21(24)28/h2-3,10-12,19-20H,4-9,13-15,29H2,1H3/b17-11+,30-12?. The van der Waals surface area contributed by atoms with Crippen molar-refractivity contribution in [2.45, 2.75) is 44.9 Å². The maximum Gasteiger partial charge on any atom is 0.219 e. The molecule has 0 unspecified atom stereocenters. The van der Waals surface area contributed by atoms with E-state index < -0.39 is 11.6 Å². The van der Waals surface area contributed by atoms with Gasteiger partial charge in [-0.3, -0.25) is 9.79 Å². The number of hydrogen-bond donors (Lipinski definition) is 1. The van der Waals surface area contributed by atoms with Gasteiger partial charge in [0.2, 0.25) is 5.91 Å². The van der Waals surface area contributed by atoms with E-state index in [2.05, 4.69) is 9.89 Å². The highest BCUT2D eigenvalue weighted by Gasteiger charge is 2.29. The number of nitrogens with two attached hydrogens (primary N) is 1. The molecule has 2 N–H and O–H groups in total. The predicted molar refractivity (Wildman–Crippen MR) is 134 cm³/mol. The van der Waals surface area contributed by atoms with Crippen LogP contribution in [0.2, 0.25) is 0 Å². The van der Waals surface area contributed by atoms with Crippen molar-refractivity contribution in [1.82, 2.24) is 14.9 Å². The van der Waals surface area contributed by atoms with Crippen LogP contribution < -0.4 is 15.4 Å². The van der Waals surface area contributed by atoms with E-state index in [0.29, 0.717) is 75.7 Å². The van der Waals surface area contributed by atoms with Crippen LogP contribution in [0.3, 0.4) is 0 Å². The summed E-state index contributed by atoms with van der Waals surface area (Å²) in [6.07, 6.45) is 4.85. The summed E-state index contributed by atoms with van der Waals surface area (Å²) in [5.41, 5.74) is 8.89. The normalized spacial score (nSPS) is 19.2. The van der Waals surface area contributed by atoms with Crippen LogP contribution in [0.25, 0.3) is 5.57 Å². The molecule has 0 bridgehead atoms. The quantitative estimate of drug-likeness (QED) is 0.593. The Bertz CT molecular complexity index is 1230. The molecule has 0 atom stereocenters. The molecule has 0 radical (unpaired) electrons. The number of fused-ring (bicyclic) bond motifs is 1. The molecule has 1 aromatic carbocycles. The minimum absolute atomic E-state index is 0.00104. The van der Waals surface area contributed by atoms with E-state index in [9.17, 15) is 13.6 Å². The second kappa shape index (κ2) is 10.8. The Hall–Kier alpha value is -3.60. The number of piperidine rings is 1. The Kier molecular flexibility index (Phi) is 7.31. The summed E-state index contributed by atoms with van der Waals surface area (Å²) < 4.78 is 38.3. The molecular weight excluding hydrogens is 482 g/mol. The third-order valence-corrected chi connectivity index (χ3v) is 6.86. The zero-order valence-electron chi connectivity index (χ0n) is 20.7. The number of aliphatic imine (C=N–C) groups is 1. The van der Waals surface area contributed by atoms with E-state index in [1.807, 2.05) is 0 Å². The van der Waals surface area contributed by atoms with E-state index in [-0.39, 0.29) is 23.8 Å². The van der Waals surface area contributed by atoms with Crippen molar-refractivity contribution in [2.75, 3.05) is 37.7 Å². The third kappa shape index (κ3) is 5.56. The molecule has 1 aromatic heterocycles. The van der Waals surface area contributed by atoms with E-state index in [1.54, 1.807) is 18.0 Å². The summed E-state index contributed by atoms with van der Waals surface area (Å²) in [6, 6.07) is 3.43. The average Bonchev–Trinajstić information content (AvgIpc) is 2.86. The van der Waals surface area contributed by atoms with Crippen LogP contribution in [-0.2, 0) is 22.5 Å². The van der Waals surface area contributed by atoms with Gasteiger partial charge in [-0.1, -0.05) is 0 Å². The second-order valence-electron chi connectivity index (χ2n) is 9.45. The first-order valence-corrected chi connectivity index (χ1v) is 12.5. The maximum atomic E-state index is 14.1. The summed E-state index contributed by atoms with van der Waals surface area (Å²) in [5.74, 6) is -0.595. The molecule has 9 nitrogen and oxygen atoms in total. The van der Waals surface area contributed by atoms with E-state index >= 15 is 0 Å². The molecule has 2 saturated heterocycles. The van der Waals surface area contributed by atoms with E-state index in [4.69, 9.17) is 25.2 Å². The molecule has 3 aliphatic heterocycles. The largest absolute Gasteiger partial charge is 0.487 e. The molecule has 196 valence electrons. The zero-order chi connectivity index (χ0) is 25.9. The van der Waals surface area contributed by atoms with Gasteiger partial charge in [-0.2, -0.15) is 0 Å². The lowest BCUT2D eigenvalue weighted by Gasteiger charge is -2.35. The number of halogens is 2. The first kappa shape index (κ1) is 25.1. The summed E-state index contributed by atoms with van der Waals surface area (Å²) in [6.45, 7) is 4.92. The highest BCUT2D eigenvalue weighted by atomic mass is 19.1. The number of aromatic nitrogens is 2. The summed E-state index contributed by atoms with van der Waals surface area (Å²) in [7, 11) is 0. The Morgan fingerprint density at radius 2 is 1.97 bits per heavy atom. The Morgan fingerprint density at radius 1 is 1.19 bits per heavy atom. The van der Waals surface area contributed by atoms with Crippen molar-refractivity contribution >= 4 is 23.5 Å². The van der Waals surface area contributed by atoms with Crippen LogP contribution >= 0.6 is 0 Å². The first-order valence-electron chi connectivity index (χ1n) is 12.5. The second-order valence-corrected chi connectivity index (χ2v) is 9.45. The van der Waals surface area contributed by atoms with Crippen LogP contribution in [0.5, 0.6) is 5.75 Å². The molecule has 0 saturated carbocycles. The Balaban J connectivity index is 1.38. The van der Waals surface area contributed by atoms with Crippen molar-refractivity contribution in [3.8, 4) is 5.75 Å². The molecule has 37 heavy (non-hydrogen) atoms. The number of anilines is 1. The lowest BCUT2D eigenvalue weighted by Crippen LogP contribution is -2.40. The monoisotopic (exact) mass is 512 g/mol. The number of nitrogens with zero attached hydrogens (tertiary/aromatic N) is 5. The van der Waals surface area contributed by atoms with Crippen LogP contribution in [0.4, 0.5) is 14.6 Å². The average molecular weight is 513 g/mol. The molecule has 4 heterocycles. The van der Waals surface area contributed by atoms with Gasteiger partial charge < -0.3 is 25.0 Å². The number of carbonyl (C=O) groups excluding carboxylic acids is 1. The molecule has 2 aromatic rings. The van der Waals surface area contributed by atoms with Crippen molar-refractivity contribution in [2.24, 2.45) is 10.7 Å². The van der Waals surface area contributed by atoms with Gasteiger partial charge in [0.15, 0.2) is 17.4 Å². The number of ether oxygens (including phenoxy) is 2. The first-order chi connectivity index (χ1) is 17.9. The number of amides is 1. The summed E-state index contributed by atoms with van der Waals surface area (Å²) >= 11 is 0. The van der Waals surface area contributed by atoms with Gasteiger partial charge in [-0.05, 0) is 12.1 Å². The molecule has 11 heteroatoms. The minimum atomic E-state index is -0.709. The fourth-order valence-corrected chi connectivity index (χ4v) is 4.62. The number of benzene rings is 1. The van der Waals surface area contributed by atoms with E-state index in [1.165, 1.54) is 18.3 Å². The van der Waals surface area contributed by atoms with Crippen molar-refractivity contribution in [3.05, 3.63) is 53.1 Å². The zero-order valence-corrected chi connectivity index (χ0v) is 20.7. The number of hydrogen-bond acceptors (Lipinski definition) is 8. The van der Waals surface area contributed by atoms with Gasteiger partial charge in [0.1, 0.15) is 17.6 Å². The van der Waals surface area contributed by atoms with Gasteiger partial charge in [-0.15, -0.1) is 0 Å². The van der Waals surface area contributed by atoms with Gasteiger partial charge >= 0.3 is 0 Å². The molecule has 1 amide bonds. The van der Waals surface area contributed by atoms with Gasteiger partial charge in [0.25, 0.3) is 0 Å². The van der Waals surface area contributed by atoms with Crippen molar-refractivity contribution in [3.63, 3.8) is 0 Å². The molecule has 2 fully saturated rings. The fraction of sp³-hybridized carbons (Fsp3) is 0.462. The minimum Gasteiger partial charge on any atom is -0.487 e. The topological polar surface area (TPSA) is 106 Å². The highest BCUT2D eigenvalue weighted by molar-refractivity contribution is 6.10. The molecule has 0 aliphatic carbocycles. The highest BCUT2D eigenvalue weighted by Crippen LogP contribution is 2.30. The van der Waals surface area contributed by atoms with Crippen molar-refractivity contribution in [1.29, 1.82) is 0 Å². The number of rotatable bonds is 6. The maximum absolute atomic E-state index is 14.1. The summed E-state index contributed by atoms with van der Waals surface area (Å²) in [4.78, 5) is 30.3.